The van der Waals surface area contributed by atoms with E-state index in [0.29, 0.717) is 11.5 Å². The normalized spacial score (nSPS) is 11.2. The molecule has 2 rings (SSSR count). The summed E-state index contributed by atoms with van der Waals surface area (Å²) in [5.41, 5.74) is 6.62. The van der Waals surface area contributed by atoms with Gasteiger partial charge in [-0.3, -0.25) is 4.79 Å². The molecule has 3 nitrogen and oxygen atoms in total. The van der Waals surface area contributed by atoms with Gasteiger partial charge in [-0.2, -0.15) is 0 Å². The van der Waals surface area contributed by atoms with E-state index in [4.69, 9.17) is 10.2 Å². The molecule has 0 aliphatic carbocycles. The van der Waals surface area contributed by atoms with Gasteiger partial charge in [0.25, 0.3) is 0 Å². The van der Waals surface area contributed by atoms with Crippen molar-refractivity contribution in [2.45, 2.75) is 19.8 Å². The second kappa shape index (κ2) is 4.08. The molecule has 0 radical (unpaired) electrons. The van der Waals surface area contributed by atoms with Crippen LogP contribution in [0.15, 0.2) is 22.6 Å². The Morgan fingerprint density at radius 3 is 2.62 bits per heavy atom. The molecule has 0 aliphatic heterocycles. The first-order chi connectivity index (χ1) is 7.49. The van der Waals surface area contributed by atoms with Crippen molar-refractivity contribution in [3.05, 3.63) is 33.1 Å². The SMILES string of the molecule is CC(C)c1cc2cc(C(N)=O)cc(I)c2o1. The van der Waals surface area contributed by atoms with E-state index in [9.17, 15) is 4.79 Å². The third kappa shape index (κ3) is 1.93. The van der Waals surface area contributed by atoms with Crippen LogP contribution in [0.2, 0.25) is 0 Å². The molecule has 1 amide bonds. The number of hydrogen-bond acceptors (Lipinski definition) is 2. The Hall–Kier alpha value is -1.04. The molecule has 84 valence electrons. The quantitative estimate of drug-likeness (QED) is 0.860. The van der Waals surface area contributed by atoms with Crippen molar-refractivity contribution in [3.63, 3.8) is 0 Å². The van der Waals surface area contributed by atoms with E-state index in [0.717, 1.165) is 20.3 Å². The first-order valence-corrected chi connectivity index (χ1v) is 6.09. The smallest absolute Gasteiger partial charge is 0.248 e. The zero-order valence-electron chi connectivity index (χ0n) is 9.08. The van der Waals surface area contributed by atoms with E-state index in [2.05, 4.69) is 36.4 Å². The Morgan fingerprint density at radius 2 is 2.06 bits per heavy atom. The summed E-state index contributed by atoms with van der Waals surface area (Å²) in [7, 11) is 0. The van der Waals surface area contributed by atoms with Gasteiger partial charge in [0.05, 0.1) is 3.57 Å². The lowest BCUT2D eigenvalue weighted by atomic mass is 10.1. The minimum atomic E-state index is -0.410. The van der Waals surface area contributed by atoms with Crippen LogP contribution >= 0.6 is 22.6 Å². The molecule has 0 atom stereocenters. The van der Waals surface area contributed by atoms with Crippen LogP contribution < -0.4 is 5.73 Å². The van der Waals surface area contributed by atoms with E-state index in [-0.39, 0.29) is 0 Å². The average molecular weight is 329 g/mol. The highest BCUT2D eigenvalue weighted by atomic mass is 127. The Bertz CT molecular complexity index is 557. The standard InChI is InChI=1S/C12H12INO2/c1-6(2)10-5-7-3-8(12(14)15)4-9(13)11(7)16-10/h3-6H,1-2H3,(H2,14,15). The zero-order valence-corrected chi connectivity index (χ0v) is 11.2. The van der Waals surface area contributed by atoms with Crippen molar-refractivity contribution in [2.75, 3.05) is 0 Å². The van der Waals surface area contributed by atoms with Crippen molar-refractivity contribution in [2.24, 2.45) is 5.73 Å². The molecule has 2 N–H and O–H groups in total. The highest BCUT2D eigenvalue weighted by Crippen LogP contribution is 2.29. The van der Waals surface area contributed by atoms with E-state index in [1.165, 1.54) is 0 Å². The lowest BCUT2D eigenvalue weighted by Gasteiger charge is -1.98. The molecule has 0 spiro atoms. The fourth-order valence-electron chi connectivity index (χ4n) is 1.56. The highest BCUT2D eigenvalue weighted by molar-refractivity contribution is 14.1. The van der Waals surface area contributed by atoms with E-state index >= 15 is 0 Å². The molecule has 0 unspecified atom stereocenters. The van der Waals surface area contributed by atoms with Crippen LogP contribution in [-0.4, -0.2) is 5.91 Å². The van der Waals surface area contributed by atoms with Gasteiger partial charge < -0.3 is 10.2 Å². The van der Waals surface area contributed by atoms with Gasteiger partial charge in [0.1, 0.15) is 11.3 Å². The number of hydrogen-bond donors (Lipinski definition) is 1. The molecule has 0 fully saturated rings. The van der Waals surface area contributed by atoms with Gasteiger partial charge in [-0.25, -0.2) is 0 Å². The predicted octanol–water partition coefficient (Wildman–Crippen LogP) is 3.26. The molecule has 0 saturated heterocycles. The maximum atomic E-state index is 11.1. The summed E-state index contributed by atoms with van der Waals surface area (Å²) in [5, 5.41) is 0.935. The average Bonchev–Trinajstić information content (AvgIpc) is 2.61. The van der Waals surface area contributed by atoms with Gasteiger partial charge in [0, 0.05) is 16.9 Å². The molecule has 4 heteroatoms. The van der Waals surface area contributed by atoms with Gasteiger partial charge in [-0.15, -0.1) is 0 Å². The van der Waals surface area contributed by atoms with Crippen LogP contribution in [0.3, 0.4) is 0 Å². The number of rotatable bonds is 2. The number of furan rings is 1. The molecule has 1 aromatic carbocycles. The van der Waals surface area contributed by atoms with Crippen molar-refractivity contribution < 1.29 is 9.21 Å². The number of nitrogens with two attached hydrogens (primary N) is 1. The molecule has 2 aromatic rings. The summed E-state index contributed by atoms with van der Waals surface area (Å²) >= 11 is 2.15. The lowest BCUT2D eigenvalue weighted by molar-refractivity contribution is 0.100. The third-order valence-corrected chi connectivity index (χ3v) is 3.24. The molecule has 0 aliphatic rings. The summed E-state index contributed by atoms with van der Waals surface area (Å²) in [4.78, 5) is 11.1. The number of primary amides is 1. The molecule has 0 saturated carbocycles. The number of benzene rings is 1. The van der Waals surface area contributed by atoms with Crippen LogP contribution in [0.5, 0.6) is 0 Å². The van der Waals surface area contributed by atoms with E-state index in [1.54, 1.807) is 12.1 Å². The minimum Gasteiger partial charge on any atom is -0.460 e. The van der Waals surface area contributed by atoms with Gasteiger partial charge in [-0.05, 0) is 40.8 Å². The third-order valence-electron chi connectivity index (χ3n) is 2.44. The summed E-state index contributed by atoms with van der Waals surface area (Å²) in [6, 6.07) is 5.49. The fraction of sp³-hybridized carbons (Fsp3) is 0.250. The lowest BCUT2D eigenvalue weighted by Crippen LogP contribution is -2.10. The molecule has 1 aromatic heterocycles. The van der Waals surface area contributed by atoms with Crippen molar-refractivity contribution >= 4 is 39.5 Å². The number of carbonyl (C=O) groups is 1. The Kier molecular flexibility index (Phi) is 2.92. The van der Waals surface area contributed by atoms with Gasteiger partial charge in [0.2, 0.25) is 5.91 Å². The van der Waals surface area contributed by atoms with Crippen LogP contribution in [0.4, 0.5) is 0 Å². The predicted molar refractivity (Wildman–Crippen MR) is 71.5 cm³/mol. The first-order valence-electron chi connectivity index (χ1n) is 5.02. The second-order valence-corrected chi connectivity index (χ2v) is 5.21. The first kappa shape index (κ1) is 11.4. The van der Waals surface area contributed by atoms with Gasteiger partial charge in [0.15, 0.2) is 0 Å². The largest absolute Gasteiger partial charge is 0.460 e. The fourth-order valence-corrected chi connectivity index (χ4v) is 2.31. The highest BCUT2D eigenvalue weighted by Gasteiger charge is 2.12. The van der Waals surface area contributed by atoms with Crippen molar-refractivity contribution in [1.82, 2.24) is 0 Å². The van der Waals surface area contributed by atoms with Crippen LogP contribution in [0.25, 0.3) is 11.0 Å². The van der Waals surface area contributed by atoms with E-state index in [1.807, 2.05) is 6.07 Å². The molecule has 1 heterocycles. The molecular weight excluding hydrogens is 317 g/mol. The van der Waals surface area contributed by atoms with Crippen molar-refractivity contribution in [1.29, 1.82) is 0 Å². The maximum absolute atomic E-state index is 11.1. The second-order valence-electron chi connectivity index (χ2n) is 4.04. The van der Waals surface area contributed by atoms with E-state index < -0.39 is 5.91 Å². The number of halogens is 1. The Morgan fingerprint density at radius 1 is 1.38 bits per heavy atom. The molecule has 16 heavy (non-hydrogen) atoms. The number of carbonyl (C=O) groups excluding carboxylic acids is 1. The van der Waals surface area contributed by atoms with Gasteiger partial charge >= 0.3 is 0 Å². The topological polar surface area (TPSA) is 56.2 Å². The Labute approximate surface area is 107 Å². The zero-order chi connectivity index (χ0) is 11.9. The maximum Gasteiger partial charge on any atom is 0.248 e. The van der Waals surface area contributed by atoms with Gasteiger partial charge in [-0.1, -0.05) is 13.8 Å². The monoisotopic (exact) mass is 329 g/mol. The minimum absolute atomic E-state index is 0.334. The van der Waals surface area contributed by atoms with Crippen molar-refractivity contribution in [3.8, 4) is 0 Å². The Balaban J connectivity index is 2.68. The van der Waals surface area contributed by atoms with Crippen LogP contribution in [0, 0.1) is 3.57 Å². The summed E-state index contributed by atoms with van der Waals surface area (Å²) in [5.74, 6) is 0.849. The number of amides is 1. The van der Waals surface area contributed by atoms with Crippen LogP contribution in [0.1, 0.15) is 35.9 Å². The summed E-state index contributed by atoms with van der Waals surface area (Å²) in [6.45, 7) is 4.14. The van der Waals surface area contributed by atoms with Crippen LogP contribution in [-0.2, 0) is 0 Å². The molecule has 0 bridgehead atoms. The number of fused-ring (bicyclic) bond motifs is 1. The summed E-state index contributed by atoms with van der Waals surface area (Å²) < 4.78 is 6.65. The molecular formula is C12H12INO2. The summed E-state index contributed by atoms with van der Waals surface area (Å²) in [6.07, 6.45) is 0.